The minimum Gasteiger partial charge on any atom is -0.488 e. The maximum absolute atomic E-state index is 13.3. The number of ether oxygens (including phenoxy) is 2. The van der Waals surface area contributed by atoms with E-state index in [0.29, 0.717) is 18.9 Å². The van der Waals surface area contributed by atoms with E-state index in [1.165, 1.54) is 12.1 Å². The lowest BCUT2D eigenvalue weighted by atomic mass is 10.1. The van der Waals surface area contributed by atoms with Gasteiger partial charge in [-0.1, -0.05) is 0 Å². The molecule has 3 nitrogen and oxygen atoms in total. The van der Waals surface area contributed by atoms with Crippen LogP contribution in [0.4, 0.5) is 4.39 Å². The van der Waals surface area contributed by atoms with E-state index in [2.05, 4.69) is 26.1 Å². The van der Waals surface area contributed by atoms with Crippen LogP contribution in [0.2, 0.25) is 0 Å². The highest BCUT2D eigenvalue weighted by Crippen LogP contribution is 2.21. The Kier molecular flexibility index (Phi) is 5.76. The Morgan fingerprint density at radius 1 is 1.32 bits per heavy atom. The van der Waals surface area contributed by atoms with Crippen LogP contribution in [0.25, 0.3) is 0 Å². The van der Waals surface area contributed by atoms with Crippen molar-refractivity contribution < 1.29 is 13.9 Å². The van der Waals surface area contributed by atoms with Crippen molar-refractivity contribution in [2.24, 2.45) is 0 Å². The molecule has 0 heterocycles. The summed E-state index contributed by atoms with van der Waals surface area (Å²) in [6.45, 7) is 9.20. The molecule has 0 amide bonds. The van der Waals surface area contributed by atoms with Gasteiger partial charge in [0.25, 0.3) is 0 Å². The fraction of sp³-hybridized carbons (Fsp3) is 0.600. The van der Waals surface area contributed by atoms with Crippen LogP contribution >= 0.6 is 0 Å². The van der Waals surface area contributed by atoms with Crippen LogP contribution in [0.15, 0.2) is 18.2 Å². The second-order valence-electron chi connectivity index (χ2n) is 5.74. The molecule has 1 rings (SSSR count). The summed E-state index contributed by atoms with van der Waals surface area (Å²) < 4.78 is 24.2. The maximum Gasteiger partial charge on any atom is 0.124 e. The molecule has 0 aliphatic carbocycles. The molecule has 4 heteroatoms. The third kappa shape index (κ3) is 6.03. The van der Waals surface area contributed by atoms with E-state index in [1.54, 1.807) is 13.2 Å². The maximum atomic E-state index is 13.3. The first-order valence-corrected chi connectivity index (χ1v) is 6.51. The van der Waals surface area contributed by atoms with Crippen molar-refractivity contribution in [2.75, 3.05) is 13.7 Å². The zero-order chi connectivity index (χ0) is 14.5. The molecule has 0 aliphatic heterocycles. The first-order valence-electron chi connectivity index (χ1n) is 6.51. The highest BCUT2D eigenvalue weighted by Gasteiger charge is 2.13. The van der Waals surface area contributed by atoms with Gasteiger partial charge in [-0.3, -0.25) is 0 Å². The molecule has 1 atom stereocenters. The Labute approximate surface area is 115 Å². The predicted octanol–water partition coefficient (Wildman–Crippen LogP) is 3.13. The van der Waals surface area contributed by atoms with Gasteiger partial charge in [-0.05, 0) is 45.9 Å². The van der Waals surface area contributed by atoms with Crippen molar-refractivity contribution in [3.63, 3.8) is 0 Å². The minimum absolute atomic E-state index is 0.0261. The number of hydrogen-bond donors (Lipinski definition) is 1. The summed E-state index contributed by atoms with van der Waals surface area (Å²) in [6.07, 6.45) is -0.0659. The number of halogens is 1. The Bertz CT molecular complexity index is 402. The fourth-order valence-electron chi connectivity index (χ4n) is 1.65. The second kappa shape index (κ2) is 6.87. The molecule has 1 aromatic carbocycles. The van der Waals surface area contributed by atoms with E-state index in [9.17, 15) is 4.39 Å². The molecular weight excluding hydrogens is 245 g/mol. The van der Waals surface area contributed by atoms with Crippen LogP contribution in [0.3, 0.4) is 0 Å². The summed E-state index contributed by atoms with van der Waals surface area (Å²) in [5, 5.41) is 3.33. The molecule has 0 radical (unpaired) electrons. The van der Waals surface area contributed by atoms with E-state index in [1.807, 2.05) is 6.92 Å². The van der Waals surface area contributed by atoms with Gasteiger partial charge in [0.2, 0.25) is 0 Å². The van der Waals surface area contributed by atoms with Crippen molar-refractivity contribution in [3.05, 3.63) is 29.6 Å². The van der Waals surface area contributed by atoms with Crippen molar-refractivity contribution in [1.82, 2.24) is 5.32 Å². The molecule has 19 heavy (non-hydrogen) atoms. The molecular formula is C15H24FNO2. The van der Waals surface area contributed by atoms with Gasteiger partial charge in [-0.2, -0.15) is 0 Å². The highest BCUT2D eigenvalue weighted by atomic mass is 19.1. The molecule has 1 aromatic rings. The Morgan fingerprint density at radius 2 is 2.00 bits per heavy atom. The van der Waals surface area contributed by atoms with Crippen LogP contribution in [-0.2, 0) is 11.3 Å². The quantitative estimate of drug-likeness (QED) is 0.860. The van der Waals surface area contributed by atoms with Gasteiger partial charge in [0.15, 0.2) is 0 Å². The first kappa shape index (κ1) is 15.9. The zero-order valence-corrected chi connectivity index (χ0v) is 12.4. The third-order valence-corrected chi connectivity index (χ3v) is 2.56. The van der Waals surface area contributed by atoms with Crippen molar-refractivity contribution in [2.45, 2.75) is 45.9 Å². The van der Waals surface area contributed by atoms with Crippen LogP contribution in [0, 0.1) is 5.82 Å². The first-order chi connectivity index (χ1) is 8.81. The molecule has 0 bridgehead atoms. The van der Waals surface area contributed by atoms with Crippen LogP contribution < -0.4 is 10.1 Å². The normalized spacial score (nSPS) is 13.4. The number of hydrogen-bond acceptors (Lipinski definition) is 3. The second-order valence-corrected chi connectivity index (χ2v) is 5.74. The summed E-state index contributed by atoms with van der Waals surface area (Å²) >= 11 is 0. The summed E-state index contributed by atoms with van der Waals surface area (Å²) in [4.78, 5) is 0. The summed E-state index contributed by atoms with van der Waals surface area (Å²) in [7, 11) is 1.63. The van der Waals surface area contributed by atoms with Gasteiger partial charge in [0.1, 0.15) is 17.7 Å². The SMILES string of the molecule is COCC(C)Oc1ccc(F)cc1CNC(C)(C)C. The summed E-state index contributed by atoms with van der Waals surface area (Å²) in [5.41, 5.74) is 0.791. The molecule has 0 saturated carbocycles. The molecule has 0 saturated heterocycles. The van der Waals surface area contributed by atoms with Gasteiger partial charge < -0.3 is 14.8 Å². The van der Waals surface area contributed by atoms with E-state index >= 15 is 0 Å². The Hall–Kier alpha value is -1.13. The molecule has 0 aromatic heterocycles. The van der Waals surface area contributed by atoms with Crippen LogP contribution in [0.1, 0.15) is 33.3 Å². The Balaban J connectivity index is 2.79. The smallest absolute Gasteiger partial charge is 0.124 e. The molecule has 1 unspecified atom stereocenters. The molecule has 108 valence electrons. The lowest BCUT2D eigenvalue weighted by Gasteiger charge is -2.22. The topological polar surface area (TPSA) is 30.5 Å². The summed E-state index contributed by atoms with van der Waals surface area (Å²) in [5.74, 6) is 0.445. The van der Waals surface area contributed by atoms with E-state index in [-0.39, 0.29) is 17.5 Å². The standard InChI is InChI=1S/C15H24FNO2/c1-11(10-18-5)19-14-7-6-13(16)8-12(14)9-17-15(2,3)4/h6-8,11,17H,9-10H2,1-5H3. The average Bonchev–Trinajstić information content (AvgIpc) is 2.29. The van der Waals surface area contributed by atoms with Crippen molar-refractivity contribution in [3.8, 4) is 5.75 Å². The van der Waals surface area contributed by atoms with Gasteiger partial charge in [-0.15, -0.1) is 0 Å². The van der Waals surface area contributed by atoms with E-state index in [4.69, 9.17) is 9.47 Å². The number of rotatable bonds is 6. The lowest BCUT2D eigenvalue weighted by Crippen LogP contribution is -2.35. The van der Waals surface area contributed by atoms with Crippen LogP contribution in [-0.4, -0.2) is 25.4 Å². The number of nitrogens with one attached hydrogen (secondary N) is 1. The third-order valence-electron chi connectivity index (χ3n) is 2.56. The molecule has 0 fully saturated rings. The molecule has 0 spiro atoms. The van der Waals surface area contributed by atoms with Gasteiger partial charge in [-0.25, -0.2) is 4.39 Å². The fourth-order valence-corrected chi connectivity index (χ4v) is 1.65. The van der Waals surface area contributed by atoms with Crippen molar-refractivity contribution in [1.29, 1.82) is 0 Å². The largest absolute Gasteiger partial charge is 0.488 e. The van der Waals surface area contributed by atoms with E-state index < -0.39 is 0 Å². The highest BCUT2D eigenvalue weighted by molar-refractivity contribution is 5.34. The molecule has 0 aliphatic rings. The number of benzene rings is 1. The lowest BCUT2D eigenvalue weighted by molar-refractivity contribution is 0.0912. The van der Waals surface area contributed by atoms with Gasteiger partial charge in [0.05, 0.1) is 6.61 Å². The number of methoxy groups -OCH3 is 1. The minimum atomic E-state index is -0.252. The van der Waals surface area contributed by atoms with Crippen molar-refractivity contribution >= 4 is 0 Å². The van der Waals surface area contributed by atoms with Gasteiger partial charge >= 0.3 is 0 Å². The zero-order valence-electron chi connectivity index (χ0n) is 12.4. The monoisotopic (exact) mass is 269 g/mol. The van der Waals surface area contributed by atoms with Crippen LogP contribution in [0.5, 0.6) is 5.75 Å². The molecule has 1 N–H and O–H groups in total. The Morgan fingerprint density at radius 3 is 2.58 bits per heavy atom. The van der Waals surface area contributed by atoms with Gasteiger partial charge in [0, 0.05) is 24.8 Å². The average molecular weight is 269 g/mol. The van der Waals surface area contributed by atoms with E-state index in [0.717, 1.165) is 5.56 Å². The summed E-state index contributed by atoms with van der Waals surface area (Å²) in [6, 6.07) is 4.59. The predicted molar refractivity (Wildman–Crippen MR) is 75.0 cm³/mol.